The molecule has 0 radical (unpaired) electrons. The molecule has 3 heteroatoms. The number of halogens is 1. The van der Waals surface area contributed by atoms with Crippen LogP contribution in [0.3, 0.4) is 0 Å². The van der Waals surface area contributed by atoms with Gasteiger partial charge in [-0.2, -0.15) is 0 Å². The van der Waals surface area contributed by atoms with Crippen molar-refractivity contribution < 1.29 is 9.13 Å². The van der Waals surface area contributed by atoms with Gasteiger partial charge in [0, 0.05) is 11.1 Å². The molecule has 2 aromatic rings. The molecule has 2 saturated carbocycles. The van der Waals surface area contributed by atoms with Crippen molar-refractivity contribution in [2.24, 2.45) is 11.7 Å². The lowest BCUT2D eigenvalue weighted by Crippen LogP contribution is -2.23. The van der Waals surface area contributed by atoms with Gasteiger partial charge in [0.05, 0.1) is 6.10 Å². The van der Waals surface area contributed by atoms with Gasteiger partial charge in [-0.05, 0) is 72.9 Å². The molecule has 0 heterocycles. The van der Waals surface area contributed by atoms with Gasteiger partial charge in [-0.3, -0.25) is 0 Å². The summed E-state index contributed by atoms with van der Waals surface area (Å²) in [5.41, 5.74) is 7.98. The van der Waals surface area contributed by atoms with E-state index < -0.39 is 6.67 Å². The van der Waals surface area contributed by atoms with Gasteiger partial charge in [-0.1, -0.05) is 25.1 Å². The molecular formula is C21H26FNO. The van der Waals surface area contributed by atoms with Crippen LogP contribution in [0.25, 0.3) is 10.8 Å². The van der Waals surface area contributed by atoms with E-state index in [0.29, 0.717) is 11.3 Å². The fraction of sp³-hybridized carbons (Fsp3) is 0.524. The largest absolute Gasteiger partial charge is 0.490 e. The van der Waals surface area contributed by atoms with Crippen LogP contribution in [0.5, 0.6) is 5.75 Å². The quantitative estimate of drug-likeness (QED) is 0.836. The number of nitrogens with two attached hydrogens (primary N) is 1. The van der Waals surface area contributed by atoms with Crippen molar-refractivity contribution in [2.45, 2.75) is 63.8 Å². The summed E-state index contributed by atoms with van der Waals surface area (Å²) in [6, 6.07) is 10.2. The van der Waals surface area contributed by atoms with Crippen LogP contribution < -0.4 is 10.5 Å². The normalized spacial score (nSPS) is 25.6. The second-order valence-electron chi connectivity index (χ2n) is 7.77. The molecule has 2 fully saturated rings. The molecule has 4 rings (SSSR count). The van der Waals surface area contributed by atoms with Crippen molar-refractivity contribution in [2.75, 3.05) is 0 Å². The topological polar surface area (TPSA) is 35.2 Å². The van der Waals surface area contributed by atoms with Crippen molar-refractivity contribution in [3.05, 3.63) is 41.5 Å². The zero-order valence-electron chi connectivity index (χ0n) is 14.4. The Labute approximate surface area is 143 Å². The van der Waals surface area contributed by atoms with Crippen LogP contribution in [-0.2, 0) is 12.2 Å². The lowest BCUT2D eigenvalue weighted by molar-refractivity contribution is 0.133. The van der Waals surface area contributed by atoms with E-state index >= 15 is 0 Å². The Balaban J connectivity index is 1.64. The Bertz CT molecular complexity index is 745. The summed E-state index contributed by atoms with van der Waals surface area (Å²) in [5, 5.41) is 2.01. The predicted molar refractivity (Wildman–Crippen MR) is 95.9 cm³/mol. The highest BCUT2D eigenvalue weighted by Gasteiger charge is 2.40. The van der Waals surface area contributed by atoms with Crippen LogP contribution >= 0.6 is 0 Å². The fourth-order valence-corrected chi connectivity index (χ4v) is 3.88. The number of hydrogen-bond donors (Lipinski definition) is 1. The zero-order chi connectivity index (χ0) is 16.7. The number of alkyl halides is 1. The molecule has 0 aliphatic heterocycles. The molecule has 2 aliphatic rings. The van der Waals surface area contributed by atoms with E-state index in [2.05, 4.69) is 19.1 Å². The van der Waals surface area contributed by atoms with Crippen molar-refractivity contribution in [1.82, 2.24) is 0 Å². The van der Waals surface area contributed by atoms with E-state index in [1.165, 1.54) is 12.8 Å². The smallest absolute Gasteiger partial charge is 0.126 e. The fourth-order valence-electron chi connectivity index (χ4n) is 3.88. The van der Waals surface area contributed by atoms with E-state index in [-0.39, 0.29) is 11.6 Å². The third-order valence-corrected chi connectivity index (χ3v) is 5.84. The molecule has 0 saturated heterocycles. The van der Waals surface area contributed by atoms with Crippen LogP contribution in [0.2, 0.25) is 0 Å². The van der Waals surface area contributed by atoms with E-state index in [0.717, 1.165) is 47.9 Å². The minimum absolute atomic E-state index is 0.155. The number of rotatable bonds is 4. The summed E-state index contributed by atoms with van der Waals surface area (Å²) in [4.78, 5) is 0. The summed E-state index contributed by atoms with van der Waals surface area (Å²) < 4.78 is 20.0. The van der Waals surface area contributed by atoms with Gasteiger partial charge in [-0.15, -0.1) is 0 Å². The second kappa shape index (κ2) is 6.03. The number of benzene rings is 2. The molecule has 0 bridgehead atoms. The molecule has 0 amide bonds. The van der Waals surface area contributed by atoms with Crippen LogP contribution in [0.15, 0.2) is 30.3 Å². The maximum atomic E-state index is 13.8. The number of hydrogen-bond acceptors (Lipinski definition) is 2. The van der Waals surface area contributed by atoms with E-state index in [1.807, 2.05) is 18.2 Å². The standard InChI is InChI=1S/C21H26FNO/c1-14-2-6-17(7-3-14)24-20-9-4-15-12-16(21(23)10-11-21)5-8-18(15)19(20)13-22/h4-5,8-9,12,14,17H,2-3,6-7,10-11,13,23H2,1H3/t14-,17+. The molecule has 2 N–H and O–H groups in total. The Morgan fingerprint density at radius 2 is 1.88 bits per heavy atom. The highest BCUT2D eigenvalue weighted by Crippen LogP contribution is 2.44. The molecule has 128 valence electrons. The molecule has 0 atom stereocenters. The third-order valence-electron chi connectivity index (χ3n) is 5.84. The summed E-state index contributed by atoms with van der Waals surface area (Å²) in [6.07, 6.45) is 6.84. The number of fused-ring (bicyclic) bond motifs is 1. The molecule has 2 aliphatic carbocycles. The molecule has 0 spiro atoms. The van der Waals surface area contributed by atoms with E-state index in [4.69, 9.17) is 10.5 Å². The summed E-state index contributed by atoms with van der Waals surface area (Å²) in [5.74, 6) is 1.50. The minimum atomic E-state index is -0.497. The van der Waals surface area contributed by atoms with Crippen LogP contribution in [0.4, 0.5) is 4.39 Å². The van der Waals surface area contributed by atoms with Crippen LogP contribution in [-0.4, -0.2) is 6.10 Å². The predicted octanol–water partition coefficient (Wildman–Crippen LogP) is 5.21. The summed E-state index contributed by atoms with van der Waals surface area (Å²) in [7, 11) is 0. The number of ether oxygens (including phenoxy) is 1. The van der Waals surface area contributed by atoms with Crippen LogP contribution in [0, 0.1) is 5.92 Å². The first-order valence-electron chi connectivity index (χ1n) is 9.17. The molecular weight excluding hydrogens is 301 g/mol. The van der Waals surface area contributed by atoms with Gasteiger partial charge in [0.1, 0.15) is 12.4 Å². The maximum absolute atomic E-state index is 13.8. The minimum Gasteiger partial charge on any atom is -0.490 e. The molecule has 0 aromatic heterocycles. The molecule has 2 aromatic carbocycles. The summed E-state index contributed by atoms with van der Waals surface area (Å²) in [6.45, 7) is 1.80. The molecule has 24 heavy (non-hydrogen) atoms. The molecule has 2 nitrogen and oxygen atoms in total. The van der Waals surface area contributed by atoms with Gasteiger partial charge in [0.25, 0.3) is 0 Å². The Morgan fingerprint density at radius 3 is 2.54 bits per heavy atom. The van der Waals surface area contributed by atoms with Gasteiger partial charge >= 0.3 is 0 Å². The highest BCUT2D eigenvalue weighted by atomic mass is 19.1. The van der Waals surface area contributed by atoms with E-state index in [1.54, 1.807) is 0 Å². The van der Waals surface area contributed by atoms with Crippen molar-refractivity contribution >= 4 is 10.8 Å². The average Bonchev–Trinajstić information content (AvgIpc) is 3.35. The zero-order valence-corrected chi connectivity index (χ0v) is 14.4. The average molecular weight is 327 g/mol. The van der Waals surface area contributed by atoms with Crippen molar-refractivity contribution in [3.63, 3.8) is 0 Å². The first kappa shape index (κ1) is 15.9. The lowest BCUT2D eigenvalue weighted by Gasteiger charge is -2.27. The van der Waals surface area contributed by atoms with Gasteiger partial charge in [-0.25, -0.2) is 4.39 Å². The second-order valence-corrected chi connectivity index (χ2v) is 7.77. The first-order chi connectivity index (χ1) is 11.6. The van der Waals surface area contributed by atoms with Gasteiger partial charge < -0.3 is 10.5 Å². The Kier molecular flexibility index (Phi) is 4.00. The lowest BCUT2D eigenvalue weighted by atomic mass is 9.89. The maximum Gasteiger partial charge on any atom is 0.126 e. The van der Waals surface area contributed by atoms with Crippen molar-refractivity contribution in [1.29, 1.82) is 0 Å². The molecule has 0 unspecified atom stereocenters. The highest BCUT2D eigenvalue weighted by molar-refractivity contribution is 5.88. The first-order valence-corrected chi connectivity index (χ1v) is 9.17. The van der Waals surface area contributed by atoms with Crippen molar-refractivity contribution in [3.8, 4) is 5.75 Å². The monoisotopic (exact) mass is 327 g/mol. The Morgan fingerprint density at radius 1 is 1.12 bits per heavy atom. The van der Waals surface area contributed by atoms with Crippen LogP contribution in [0.1, 0.15) is 56.6 Å². The summed E-state index contributed by atoms with van der Waals surface area (Å²) >= 11 is 0. The van der Waals surface area contributed by atoms with E-state index in [9.17, 15) is 4.39 Å². The SMILES string of the molecule is C[C@H]1CC[C@@H](Oc2ccc3cc(C4(N)CC4)ccc3c2CF)CC1. The van der Waals surface area contributed by atoms with Gasteiger partial charge in [0.2, 0.25) is 0 Å². The Hall–Kier alpha value is -1.61. The third kappa shape index (κ3) is 2.90. The van der Waals surface area contributed by atoms with Gasteiger partial charge in [0.15, 0.2) is 0 Å².